The van der Waals surface area contributed by atoms with Gasteiger partial charge in [-0.1, -0.05) is 31.2 Å². The highest BCUT2D eigenvalue weighted by molar-refractivity contribution is 7.93. The molecule has 0 saturated carbocycles. The van der Waals surface area contributed by atoms with Crippen LogP contribution in [0.5, 0.6) is 5.75 Å². The lowest BCUT2D eigenvalue weighted by Gasteiger charge is -2.35. The molecule has 1 aliphatic rings. The fraction of sp³-hybridized carbons (Fsp3) is 0.350. The maximum atomic E-state index is 13.4. The molecule has 0 spiro atoms. The van der Waals surface area contributed by atoms with Gasteiger partial charge in [0.25, 0.3) is 15.9 Å². The number of nitrogens with one attached hydrogen (secondary N) is 1. The van der Waals surface area contributed by atoms with Crippen LogP contribution in [0.2, 0.25) is 0 Å². The highest BCUT2D eigenvalue weighted by Crippen LogP contribution is 2.37. The van der Waals surface area contributed by atoms with E-state index in [4.69, 9.17) is 4.74 Å². The number of fused-ring (bicyclic) bond motifs is 1. The maximum absolute atomic E-state index is 13.4. The first kappa shape index (κ1) is 19.2. The number of hydrogen-bond donors (Lipinski definition) is 1. The molecule has 0 bridgehead atoms. The van der Waals surface area contributed by atoms with Gasteiger partial charge in [-0.05, 0) is 49.6 Å². The number of carbonyl (C=O) groups excluding carboxylic acids is 1. The number of anilines is 1. The zero-order chi connectivity index (χ0) is 19.6. The summed E-state index contributed by atoms with van der Waals surface area (Å²) in [6.45, 7) is 6.03. The zero-order valence-electron chi connectivity index (χ0n) is 15.7. The third-order valence-electron chi connectivity index (χ3n) is 4.49. The van der Waals surface area contributed by atoms with E-state index in [0.717, 1.165) is 12.0 Å². The van der Waals surface area contributed by atoms with Gasteiger partial charge in [0.15, 0.2) is 6.10 Å². The fourth-order valence-corrected chi connectivity index (χ4v) is 4.82. The second-order valence-electron chi connectivity index (χ2n) is 6.67. The van der Waals surface area contributed by atoms with Gasteiger partial charge in [0.1, 0.15) is 5.75 Å². The maximum Gasteiger partial charge on any atom is 0.264 e. The monoisotopic (exact) mass is 388 g/mol. The van der Waals surface area contributed by atoms with Gasteiger partial charge in [-0.2, -0.15) is 0 Å². The van der Waals surface area contributed by atoms with Crippen LogP contribution >= 0.6 is 0 Å². The smallest absolute Gasteiger partial charge is 0.264 e. The molecule has 0 radical (unpaired) electrons. The number of hydrogen-bond acceptors (Lipinski definition) is 4. The van der Waals surface area contributed by atoms with Gasteiger partial charge in [0.2, 0.25) is 0 Å². The number of nitrogens with zero attached hydrogens (tertiary/aromatic N) is 1. The molecule has 2 aromatic rings. The van der Waals surface area contributed by atoms with Crippen LogP contribution in [0.15, 0.2) is 47.4 Å². The van der Waals surface area contributed by atoms with Crippen molar-refractivity contribution < 1.29 is 17.9 Å². The van der Waals surface area contributed by atoms with Crippen molar-refractivity contribution >= 4 is 21.6 Å². The van der Waals surface area contributed by atoms with Gasteiger partial charge in [0.05, 0.1) is 17.1 Å². The zero-order valence-corrected chi connectivity index (χ0v) is 16.5. The van der Waals surface area contributed by atoms with Crippen LogP contribution in [-0.4, -0.2) is 33.5 Å². The number of rotatable bonds is 5. The predicted molar refractivity (Wildman–Crippen MR) is 105 cm³/mol. The summed E-state index contributed by atoms with van der Waals surface area (Å²) in [7, 11) is -3.84. The number of carbonyl (C=O) groups is 1. The summed E-state index contributed by atoms with van der Waals surface area (Å²) in [6, 6.07) is 12.2. The van der Waals surface area contributed by atoms with Crippen LogP contribution in [-0.2, 0) is 14.8 Å². The number of sulfonamides is 1. The van der Waals surface area contributed by atoms with E-state index in [0.29, 0.717) is 23.5 Å². The summed E-state index contributed by atoms with van der Waals surface area (Å²) in [5.74, 6) is 0.0711. The number of aryl methyl sites for hydroxylation is 2. The molecule has 27 heavy (non-hydrogen) atoms. The Morgan fingerprint density at radius 2 is 1.96 bits per heavy atom. The van der Waals surface area contributed by atoms with Gasteiger partial charge in [-0.25, -0.2) is 8.42 Å². The van der Waals surface area contributed by atoms with Crippen molar-refractivity contribution in [2.24, 2.45) is 0 Å². The lowest BCUT2D eigenvalue weighted by atomic mass is 10.2. The molecule has 0 saturated heterocycles. The third-order valence-corrected chi connectivity index (χ3v) is 6.41. The minimum atomic E-state index is -3.84. The SMILES string of the molecule is CCCNC(=O)[C@H]1CN(S(=O)(=O)c2cc(C)ccc2C)c2ccccc2O1. The molecule has 0 unspecified atom stereocenters. The molecule has 1 heterocycles. The molecular weight excluding hydrogens is 364 g/mol. The summed E-state index contributed by atoms with van der Waals surface area (Å²) in [6.07, 6.45) is -0.106. The molecular formula is C20H24N2O4S. The van der Waals surface area contributed by atoms with Crippen molar-refractivity contribution in [3.05, 3.63) is 53.6 Å². The van der Waals surface area contributed by atoms with Gasteiger partial charge >= 0.3 is 0 Å². The molecule has 6 nitrogen and oxygen atoms in total. The molecule has 1 N–H and O–H groups in total. The van der Waals surface area contributed by atoms with E-state index in [9.17, 15) is 13.2 Å². The molecule has 1 atom stereocenters. The minimum Gasteiger partial charge on any atom is -0.476 e. The van der Waals surface area contributed by atoms with Crippen molar-refractivity contribution in [1.29, 1.82) is 0 Å². The lowest BCUT2D eigenvalue weighted by molar-refractivity contribution is -0.127. The topological polar surface area (TPSA) is 75.7 Å². The van der Waals surface area contributed by atoms with Crippen LogP contribution in [0.1, 0.15) is 24.5 Å². The van der Waals surface area contributed by atoms with E-state index in [1.807, 2.05) is 19.9 Å². The summed E-state index contributed by atoms with van der Waals surface area (Å²) in [4.78, 5) is 12.7. The summed E-state index contributed by atoms with van der Waals surface area (Å²) < 4.78 is 34.0. The van der Waals surface area contributed by atoms with E-state index in [1.54, 1.807) is 43.3 Å². The normalized spacial score (nSPS) is 16.4. The van der Waals surface area contributed by atoms with Gasteiger partial charge in [-0.15, -0.1) is 0 Å². The number of benzene rings is 2. The van der Waals surface area contributed by atoms with Gasteiger partial charge in [-0.3, -0.25) is 9.10 Å². The first-order chi connectivity index (χ1) is 12.8. The Balaban J connectivity index is 2.04. The van der Waals surface area contributed by atoms with E-state index < -0.39 is 16.1 Å². The second kappa shape index (κ2) is 7.60. The Hall–Kier alpha value is -2.54. The molecule has 7 heteroatoms. The Kier molecular flexibility index (Phi) is 5.41. The molecule has 0 aliphatic carbocycles. The number of para-hydroxylation sites is 2. The Labute approximate surface area is 160 Å². The van der Waals surface area contributed by atoms with Gasteiger partial charge < -0.3 is 10.1 Å². The Morgan fingerprint density at radius 1 is 1.22 bits per heavy atom. The van der Waals surface area contributed by atoms with Crippen LogP contribution in [0, 0.1) is 13.8 Å². The van der Waals surface area contributed by atoms with E-state index in [1.165, 1.54) is 4.31 Å². The first-order valence-corrected chi connectivity index (χ1v) is 10.4. The van der Waals surface area contributed by atoms with Crippen molar-refractivity contribution in [3.63, 3.8) is 0 Å². The van der Waals surface area contributed by atoms with Gasteiger partial charge in [0, 0.05) is 6.54 Å². The molecule has 1 aliphatic heterocycles. The highest BCUT2D eigenvalue weighted by atomic mass is 32.2. The molecule has 2 aromatic carbocycles. The Bertz CT molecular complexity index is 956. The number of ether oxygens (including phenoxy) is 1. The standard InChI is InChI=1S/C20H24N2O4S/c1-4-11-21-20(23)18-13-22(16-7-5-6-8-17(16)26-18)27(24,25)19-12-14(2)9-10-15(19)3/h5-10,12,18H,4,11,13H2,1-3H3,(H,21,23)/t18-/m1/s1. The van der Waals surface area contributed by atoms with Crippen molar-refractivity contribution in [2.45, 2.75) is 38.2 Å². The van der Waals surface area contributed by atoms with Crippen molar-refractivity contribution in [1.82, 2.24) is 5.32 Å². The number of amides is 1. The third kappa shape index (κ3) is 3.78. The summed E-state index contributed by atoms with van der Waals surface area (Å²) in [5, 5.41) is 2.78. The van der Waals surface area contributed by atoms with E-state index in [-0.39, 0.29) is 17.3 Å². The van der Waals surface area contributed by atoms with Crippen LogP contribution in [0.4, 0.5) is 5.69 Å². The van der Waals surface area contributed by atoms with E-state index in [2.05, 4.69) is 5.32 Å². The molecule has 1 amide bonds. The van der Waals surface area contributed by atoms with Crippen molar-refractivity contribution in [3.8, 4) is 5.75 Å². The van der Waals surface area contributed by atoms with Crippen molar-refractivity contribution in [2.75, 3.05) is 17.4 Å². The highest BCUT2D eigenvalue weighted by Gasteiger charge is 2.37. The lowest BCUT2D eigenvalue weighted by Crippen LogP contribution is -2.50. The average molecular weight is 388 g/mol. The second-order valence-corrected chi connectivity index (χ2v) is 8.50. The molecule has 144 valence electrons. The first-order valence-electron chi connectivity index (χ1n) is 8.98. The average Bonchev–Trinajstić information content (AvgIpc) is 2.66. The van der Waals surface area contributed by atoms with Crippen LogP contribution in [0.25, 0.3) is 0 Å². The summed E-state index contributed by atoms with van der Waals surface area (Å²) in [5.41, 5.74) is 1.97. The fourth-order valence-electron chi connectivity index (χ4n) is 3.03. The van der Waals surface area contributed by atoms with Crippen LogP contribution < -0.4 is 14.4 Å². The summed E-state index contributed by atoms with van der Waals surface area (Å²) >= 11 is 0. The molecule has 0 aromatic heterocycles. The van der Waals surface area contributed by atoms with Crippen LogP contribution in [0.3, 0.4) is 0 Å². The minimum absolute atomic E-state index is 0.0672. The largest absolute Gasteiger partial charge is 0.476 e. The Morgan fingerprint density at radius 3 is 2.70 bits per heavy atom. The molecule has 3 rings (SSSR count). The molecule has 0 fully saturated rings. The van der Waals surface area contributed by atoms with E-state index >= 15 is 0 Å². The quantitative estimate of drug-likeness (QED) is 0.855. The predicted octanol–water partition coefficient (Wildman–Crippen LogP) is 2.79.